The summed E-state index contributed by atoms with van der Waals surface area (Å²) in [5.41, 5.74) is 2.40. The van der Waals surface area contributed by atoms with E-state index in [1.165, 1.54) is 0 Å². The van der Waals surface area contributed by atoms with Gasteiger partial charge >= 0.3 is 6.18 Å². The number of halogens is 3. The van der Waals surface area contributed by atoms with Gasteiger partial charge in [-0.15, -0.1) is 11.3 Å². The summed E-state index contributed by atoms with van der Waals surface area (Å²) < 4.78 is 64.7. The number of aromatic nitrogens is 1. The summed E-state index contributed by atoms with van der Waals surface area (Å²) in [6.45, 7) is 0.680. The van der Waals surface area contributed by atoms with Crippen molar-refractivity contribution in [3.05, 3.63) is 35.0 Å². The second-order valence-electron chi connectivity index (χ2n) is 10.9. The molecule has 1 aliphatic heterocycles. The number of rotatable bonds is 6. The third-order valence-corrected chi connectivity index (χ3v) is 10.9. The Bertz CT molecular complexity index is 1420. The number of hydrogen-bond acceptors (Lipinski definition) is 9. The van der Waals surface area contributed by atoms with Crippen molar-refractivity contribution in [3.63, 3.8) is 0 Å². The molecule has 4 N–H and O–H groups in total. The number of sulfone groups is 1. The summed E-state index contributed by atoms with van der Waals surface area (Å²) in [4.78, 5) is 19.8. The van der Waals surface area contributed by atoms with Crippen LogP contribution in [0.25, 0.3) is 10.4 Å². The van der Waals surface area contributed by atoms with Gasteiger partial charge < -0.3 is 15.3 Å². The number of nitriles is 1. The number of nitrogens with two attached hydrogens (primary N) is 1. The fraction of sp³-hybridized carbons (Fsp3) is 0.577. The molecule has 0 spiro atoms. The van der Waals surface area contributed by atoms with Gasteiger partial charge in [-0.05, 0) is 43.4 Å². The lowest BCUT2D eigenvalue weighted by Crippen LogP contribution is -2.50. The van der Waals surface area contributed by atoms with E-state index in [0.717, 1.165) is 18.5 Å². The van der Waals surface area contributed by atoms with Crippen LogP contribution in [0.2, 0.25) is 0 Å². The average Bonchev–Trinajstić information content (AvgIpc) is 3.54. The number of hydrogen-bond donors (Lipinski definition) is 3. The summed E-state index contributed by atoms with van der Waals surface area (Å²) in [6.07, 6.45) is -1.57. The second-order valence-corrected chi connectivity index (χ2v) is 14.2. The van der Waals surface area contributed by atoms with E-state index in [2.05, 4.69) is 16.4 Å². The lowest BCUT2D eigenvalue weighted by atomic mass is 9.76. The lowest BCUT2D eigenvalue weighted by Gasteiger charge is -2.31. The molecule has 1 amide bonds. The molecule has 2 heterocycles. The van der Waals surface area contributed by atoms with Crippen LogP contribution in [0.3, 0.4) is 0 Å². The van der Waals surface area contributed by atoms with Crippen molar-refractivity contribution in [3.8, 4) is 16.5 Å². The van der Waals surface area contributed by atoms with Crippen molar-refractivity contribution >= 4 is 32.8 Å². The highest BCUT2D eigenvalue weighted by Crippen LogP contribution is 2.47. The molecule has 1 aromatic heterocycles. The molecule has 14 heteroatoms. The molecule has 1 aromatic carbocycles. The van der Waals surface area contributed by atoms with E-state index in [1.54, 1.807) is 24.3 Å². The van der Waals surface area contributed by atoms with E-state index in [0.29, 0.717) is 60.6 Å². The van der Waals surface area contributed by atoms with Gasteiger partial charge in [0.2, 0.25) is 5.91 Å². The maximum absolute atomic E-state index is 13.7. The molecule has 5 rings (SSSR count). The van der Waals surface area contributed by atoms with Crippen LogP contribution < -0.4 is 16.0 Å². The molecule has 216 valence electrons. The first-order valence-electron chi connectivity index (χ1n) is 13.1. The Hall–Kier alpha value is -2.73. The number of carbonyl (C=O) groups is 1. The maximum Gasteiger partial charge on any atom is 0.437 e. The molecule has 2 aliphatic carbocycles. The minimum Gasteiger partial charge on any atom is -0.369 e. The molecule has 0 radical (unpaired) electrons. The van der Waals surface area contributed by atoms with Crippen LogP contribution in [0.15, 0.2) is 24.3 Å². The highest BCUT2D eigenvalue weighted by Gasteiger charge is 2.55. The van der Waals surface area contributed by atoms with Crippen LogP contribution in [0.5, 0.6) is 0 Å². The predicted molar refractivity (Wildman–Crippen MR) is 143 cm³/mol. The maximum atomic E-state index is 13.7. The van der Waals surface area contributed by atoms with Crippen molar-refractivity contribution in [2.45, 2.75) is 61.9 Å². The van der Waals surface area contributed by atoms with Gasteiger partial charge in [-0.25, -0.2) is 13.4 Å². The van der Waals surface area contributed by atoms with E-state index in [4.69, 9.17) is 5.73 Å². The van der Waals surface area contributed by atoms with Gasteiger partial charge in [0.1, 0.15) is 10.5 Å². The molecule has 1 unspecified atom stereocenters. The summed E-state index contributed by atoms with van der Waals surface area (Å²) in [7, 11) is -3.06. The number of benzene rings is 1. The number of carbonyl (C=O) groups excluding carboxylic acids is 1. The van der Waals surface area contributed by atoms with Gasteiger partial charge in [0.25, 0.3) is 5.72 Å². The Labute approximate surface area is 234 Å². The van der Waals surface area contributed by atoms with E-state index in [1.807, 2.05) is 4.90 Å². The van der Waals surface area contributed by atoms with E-state index in [9.17, 15) is 36.8 Å². The van der Waals surface area contributed by atoms with E-state index >= 15 is 0 Å². The number of anilines is 1. The van der Waals surface area contributed by atoms with Crippen LogP contribution in [-0.2, 0) is 20.4 Å². The van der Waals surface area contributed by atoms with Crippen LogP contribution in [0.1, 0.15) is 55.1 Å². The summed E-state index contributed by atoms with van der Waals surface area (Å²) in [5.74, 6) is -1.36. The standard InChI is InChI=1S/C26H30F3N5O4S2/c27-26(28,29)25(31,36)23-32-20(18-3-1-2-4-19(18)22(35)33-24(15-30)9-10-24)21(39-23)16-5-7-17(8-6-16)34-11-13-40(37,38)14-12-34/h5-8,18-19,36H,1-4,9-14,31H2,(H,33,35)/t18-,19-,25?/m1/s1. The number of aliphatic hydroxyl groups is 1. The number of alkyl halides is 3. The van der Waals surface area contributed by atoms with Gasteiger partial charge in [0.15, 0.2) is 9.84 Å². The molecular formula is C26H30F3N5O4S2. The zero-order valence-electron chi connectivity index (χ0n) is 21.6. The van der Waals surface area contributed by atoms with Gasteiger partial charge in [-0.1, -0.05) is 25.0 Å². The minimum atomic E-state index is -5.17. The number of nitrogens with one attached hydrogen (secondary N) is 1. The fourth-order valence-electron chi connectivity index (χ4n) is 5.36. The first-order chi connectivity index (χ1) is 18.8. The molecule has 1 saturated heterocycles. The normalized spacial score (nSPS) is 25.4. The van der Waals surface area contributed by atoms with Gasteiger partial charge in [0, 0.05) is 30.6 Å². The molecule has 9 nitrogen and oxygen atoms in total. The first kappa shape index (κ1) is 28.8. The highest BCUT2D eigenvalue weighted by molar-refractivity contribution is 7.91. The van der Waals surface area contributed by atoms with Gasteiger partial charge in [0.05, 0.1) is 28.1 Å². The summed E-state index contributed by atoms with van der Waals surface area (Å²) >= 11 is 0.642. The lowest BCUT2D eigenvalue weighted by molar-refractivity contribution is -0.264. The first-order valence-corrected chi connectivity index (χ1v) is 15.8. The van der Waals surface area contributed by atoms with Crippen molar-refractivity contribution < 1.29 is 31.5 Å². The molecular weight excluding hydrogens is 567 g/mol. The average molecular weight is 598 g/mol. The Kier molecular flexibility index (Phi) is 7.39. The number of thiazole rings is 1. The highest BCUT2D eigenvalue weighted by atomic mass is 32.2. The molecule has 2 aromatic rings. The number of nitrogens with zero attached hydrogens (tertiary/aromatic N) is 3. The third-order valence-electron chi connectivity index (χ3n) is 8.03. The fourth-order valence-corrected chi connectivity index (χ4v) is 7.72. The topological polar surface area (TPSA) is 149 Å². The van der Waals surface area contributed by atoms with Gasteiger partial charge in [-0.3, -0.25) is 10.5 Å². The van der Waals surface area contributed by atoms with Crippen molar-refractivity contribution in [1.82, 2.24) is 10.3 Å². The number of amides is 1. The Morgan fingerprint density at radius 3 is 2.38 bits per heavy atom. The Morgan fingerprint density at radius 1 is 1.18 bits per heavy atom. The van der Waals surface area contributed by atoms with Crippen LogP contribution in [0.4, 0.5) is 18.9 Å². The SMILES string of the molecule is N#CC1(NC(=O)[C@@H]2CCCC[C@H]2c2nc(C(N)(O)C(F)(F)F)sc2-c2ccc(N3CCS(=O)(=O)CC3)cc2)CC1. The smallest absolute Gasteiger partial charge is 0.369 e. The zero-order chi connectivity index (χ0) is 28.9. The molecule has 3 fully saturated rings. The molecule has 40 heavy (non-hydrogen) atoms. The quantitative estimate of drug-likeness (QED) is 0.430. The van der Waals surface area contributed by atoms with E-state index < -0.39 is 44.1 Å². The largest absolute Gasteiger partial charge is 0.437 e. The van der Waals surface area contributed by atoms with Gasteiger partial charge in [-0.2, -0.15) is 18.4 Å². The predicted octanol–water partition coefficient (Wildman–Crippen LogP) is 3.16. The van der Waals surface area contributed by atoms with Crippen LogP contribution >= 0.6 is 11.3 Å². The van der Waals surface area contributed by atoms with Crippen LogP contribution in [-0.4, -0.2) is 60.7 Å². The minimum absolute atomic E-state index is 0.0435. The Balaban J connectivity index is 1.51. The summed E-state index contributed by atoms with van der Waals surface area (Å²) in [6, 6.07) is 9.10. The second kappa shape index (κ2) is 10.3. The Morgan fingerprint density at radius 2 is 1.80 bits per heavy atom. The van der Waals surface area contributed by atoms with Crippen LogP contribution in [0, 0.1) is 17.2 Å². The molecule has 0 bridgehead atoms. The molecule has 2 saturated carbocycles. The monoisotopic (exact) mass is 597 g/mol. The van der Waals surface area contributed by atoms with E-state index in [-0.39, 0.29) is 23.1 Å². The third kappa shape index (κ3) is 5.57. The molecule has 3 aliphatic rings. The van der Waals surface area contributed by atoms with Crippen molar-refractivity contribution in [1.29, 1.82) is 5.26 Å². The zero-order valence-corrected chi connectivity index (χ0v) is 23.2. The van der Waals surface area contributed by atoms with Crippen molar-refractivity contribution in [2.24, 2.45) is 11.7 Å². The van der Waals surface area contributed by atoms with Crippen molar-refractivity contribution in [2.75, 3.05) is 29.5 Å². The molecule has 3 atom stereocenters. The summed E-state index contributed by atoms with van der Waals surface area (Å²) in [5, 5.41) is 21.8.